The number of nitrogens with zero attached hydrogens (tertiary/aromatic N) is 1. The summed E-state index contributed by atoms with van der Waals surface area (Å²) < 4.78 is 0. The van der Waals surface area contributed by atoms with Crippen LogP contribution >= 0.6 is 0 Å². The maximum absolute atomic E-state index is 5.25. The Labute approximate surface area is 103 Å². The van der Waals surface area contributed by atoms with Crippen LogP contribution in [0.4, 0.5) is 0 Å². The van der Waals surface area contributed by atoms with Crippen molar-refractivity contribution in [1.29, 1.82) is 0 Å². The Balaban J connectivity index is 3.01. The van der Waals surface area contributed by atoms with Crippen LogP contribution in [0.1, 0.15) is 64.7 Å². The standard InChI is InChI=1S/C15H29N/c1-4-6-7-8-9-10-11-12-13-15-16(3)14-5-2/h2H,4,6-15H2,1,3H3. The maximum atomic E-state index is 5.25. The summed E-state index contributed by atoms with van der Waals surface area (Å²) in [6, 6.07) is 0. The van der Waals surface area contributed by atoms with Crippen molar-refractivity contribution in [2.75, 3.05) is 20.1 Å². The Morgan fingerprint density at radius 2 is 1.38 bits per heavy atom. The third-order valence-electron chi connectivity index (χ3n) is 3.00. The van der Waals surface area contributed by atoms with Gasteiger partial charge >= 0.3 is 0 Å². The monoisotopic (exact) mass is 223 g/mol. The van der Waals surface area contributed by atoms with Gasteiger partial charge in [0, 0.05) is 0 Å². The van der Waals surface area contributed by atoms with Gasteiger partial charge in [0.05, 0.1) is 6.54 Å². The largest absolute Gasteiger partial charge is 0.295 e. The lowest BCUT2D eigenvalue weighted by Gasteiger charge is -2.12. The van der Waals surface area contributed by atoms with Gasteiger partial charge in [-0.2, -0.15) is 0 Å². The van der Waals surface area contributed by atoms with Crippen molar-refractivity contribution < 1.29 is 0 Å². The molecule has 0 saturated carbocycles. The Bertz CT molecular complexity index is 169. The van der Waals surface area contributed by atoms with Crippen molar-refractivity contribution in [1.82, 2.24) is 4.90 Å². The molecular formula is C15H29N. The van der Waals surface area contributed by atoms with Crippen molar-refractivity contribution >= 4 is 0 Å². The van der Waals surface area contributed by atoms with Gasteiger partial charge in [-0.3, -0.25) is 4.90 Å². The summed E-state index contributed by atoms with van der Waals surface area (Å²) in [6.07, 6.45) is 17.8. The number of rotatable bonds is 11. The van der Waals surface area contributed by atoms with E-state index in [9.17, 15) is 0 Å². The minimum Gasteiger partial charge on any atom is -0.295 e. The van der Waals surface area contributed by atoms with Gasteiger partial charge in [0.1, 0.15) is 0 Å². The van der Waals surface area contributed by atoms with Crippen molar-refractivity contribution in [3.05, 3.63) is 0 Å². The van der Waals surface area contributed by atoms with Gasteiger partial charge in [0.25, 0.3) is 0 Å². The molecule has 0 atom stereocenters. The van der Waals surface area contributed by atoms with Crippen LogP contribution < -0.4 is 0 Å². The fourth-order valence-electron chi connectivity index (χ4n) is 1.93. The van der Waals surface area contributed by atoms with Gasteiger partial charge < -0.3 is 0 Å². The lowest BCUT2D eigenvalue weighted by Crippen LogP contribution is -2.19. The highest BCUT2D eigenvalue weighted by molar-refractivity contribution is 4.86. The van der Waals surface area contributed by atoms with Crippen molar-refractivity contribution in [2.24, 2.45) is 0 Å². The second-order valence-corrected chi connectivity index (χ2v) is 4.77. The summed E-state index contributed by atoms with van der Waals surface area (Å²) in [7, 11) is 2.10. The molecule has 1 nitrogen and oxygen atoms in total. The van der Waals surface area contributed by atoms with Gasteiger partial charge in [0.15, 0.2) is 0 Å². The summed E-state index contributed by atoms with van der Waals surface area (Å²) in [4.78, 5) is 2.22. The van der Waals surface area contributed by atoms with E-state index >= 15 is 0 Å². The summed E-state index contributed by atoms with van der Waals surface area (Å²) in [5.74, 6) is 2.67. The summed E-state index contributed by atoms with van der Waals surface area (Å²) >= 11 is 0. The Kier molecular flexibility index (Phi) is 12.2. The lowest BCUT2D eigenvalue weighted by atomic mass is 10.1. The van der Waals surface area contributed by atoms with Crippen molar-refractivity contribution in [2.45, 2.75) is 64.7 Å². The first-order chi connectivity index (χ1) is 7.81. The Hall–Kier alpha value is -0.480. The predicted molar refractivity (Wildman–Crippen MR) is 73.6 cm³/mol. The van der Waals surface area contributed by atoms with Gasteiger partial charge in [0.2, 0.25) is 0 Å². The molecule has 0 aromatic rings. The zero-order valence-corrected chi connectivity index (χ0v) is 11.3. The van der Waals surface area contributed by atoms with Crippen LogP contribution in [0.15, 0.2) is 0 Å². The summed E-state index contributed by atoms with van der Waals surface area (Å²) in [6.45, 7) is 4.21. The highest BCUT2D eigenvalue weighted by Gasteiger charge is 1.95. The van der Waals surface area contributed by atoms with E-state index < -0.39 is 0 Å². The van der Waals surface area contributed by atoms with Gasteiger partial charge in [-0.25, -0.2) is 0 Å². The first kappa shape index (κ1) is 15.5. The second-order valence-electron chi connectivity index (χ2n) is 4.77. The molecule has 0 aromatic carbocycles. The highest BCUT2D eigenvalue weighted by Crippen LogP contribution is 2.09. The first-order valence-corrected chi connectivity index (χ1v) is 6.93. The quantitative estimate of drug-likeness (QED) is 0.377. The van der Waals surface area contributed by atoms with Crippen LogP contribution in [0.3, 0.4) is 0 Å². The molecule has 0 saturated heterocycles. The summed E-state index contributed by atoms with van der Waals surface area (Å²) in [5, 5.41) is 0. The van der Waals surface area contributed by atoms with Gasteiger partial charge in [-0.05, 0) is 20.0 Å². The minimum absolute atomic E-state index is 0.789. The number of hydrogen-bond acceptors (Lipinski definition) is 1. The minimum atomic E-state index is 0.789. The molecule has 94 valence electrons. The van der Waals surface area contributed by atoms with Crippen LogP contribution in [0.25, 0.3) is 0 Å². The predicted octanol–water partition coefficient (Wildman–Crippen LogP) is 4.08. The molecule has 0 aliphatic rings. The molecule has 0 rings (SSSR count). The number of unbranched alkanes of at least 4 members (excludes halogenated alkanes) is 8. The fourth-order valence-corrected chi connectivity index (χ4v) is 1.93. The lowest BCUT2D eigenvalue weighted by molar-refractivity contribution is 0.361. The molecule has 0 radical (unpaired) electrons. The molecule has 0 bridgehead atoms. The number of hydrogen-bond donors (Lipinski definition) is 0. The molecule has 0 heterocycles. The second kappa shape index (κ2) is 12.6. The molecule has 16 heavy (non-hydrogen) atoms. The molecule has 0 aromatic heterocycles. The van der Waals surface area contributed by atoms with E-state index in [0.717, 1.165) is 13.1 Å². The molecule has 0 spiro atoms. The molecular weight excluding hydrogens is 194 g/mol. The van der Waals surface area contributed by atoms with E-state index in [-0.39, 0.29) is 0 Å². The molecule has 0 amide bonds. The van der Waals surface area contributed by atoms with Crippen LogP contribution in [0.2, 0.25) is 0 Å². The molecule has 0 fully saturated rings. The summed E-state index contributed by atoms with van der Waals surface area (Å²) in [5.41, 5.74) is 0. The average molecular weight is 223 g/mol. The van der Waals surface area contributed by atoms with Crippen molar-refractivity contribution in [3.63, 3.8) is 0 Å². The van der Waals surface area contributed by atoms with E-state index in [1.807, 2.05) is 0 Å². The van der Waals surface area contributed by atoms with E-state index in [4.69, 9.17) is 6.42 Å². The highest BCUT2D eigenvalue weighted by atomic mass is 15.1. The maximum Gasteiger partial charge on any atom is 0.0596 e. The van der Waals surface area contributed by atoms with Crippen LogP contribution in [-0.2, 0) is 0 Å². The van der Waals surface area contributed by atoms with E-state index in [1.54, 1.807) is 0 Å². The smallest absolute Gasteiger partial charge is 0.0596 e. The molecule has 1 heteroatoms. The Morgan fingerprint density at radius 3 is 1.88 bits per heavy atom. The average Bonchev–Trinajstić information content (AvgIpc) is 2.27. The van der Waals surface area contributed by atoms with E-state index in [0.29, 0.717) is 0 Å². The zero-order valence-electron chi connectivity index (χ0n) is 11.3. The first-order valence-electron chi connectivity index (χ1n) is 6.93. The SMILES string of the molecule is C#CCN(C)CCCCCCCCCCC. The van der Waals surface area contributed by atoms with E-state index in [2.05, 4.69) is 24.8 Å². The van der Waals surface area contributed by atoms with Crippen LogP contribution in [0.5, 0.6) is 0 Å². The Morgan fingerprint density at radius 1 is 0.875 bits per heavy atom. The topological polar surface area (TPSA) is 3.24 Å². The van der Waals surface area contributed by atoms with Gasteiger partial charge in [-0.1, -0.05) is 64.2 Å². The normalized spacial score (nSPS) is 10.6. The fraction of sp³-hybridized carbons (Fsp3) is 0.867. The molecule has 0 unspecified atom stereocenters. The molecule has 0 aliphatic carbocycles. The van der Waals surface area contributed by atoms with Crippen LogP contribution in [-0.4, -0.2) is 25.0 Å². The van der Waals surface area contributed by atoms with Crippen LogP contribution in [0, 0.1) is 12.3 Å². The molecule has 0 aliphatic heterocycles. The zero-order chi connectivity index (χ0) is 12.1. The third-order valence-corrected chi connectivity index (χ3v) is 3.00. The molecule has 0 N–H and O–H groups in total. The van der Waals surface area contributed by atoms with E-state index in [1.165, 1.54) is 57.8 Å². The third kappa shape index (κ3) is 11.6. The van der Waals surface area contributed by atoms with Crippen molar-refractivity contribution in [3.8, 4) is 12.3 Å². The van der Waals surface area contributed by atoms with Gasteiger partial charge in [-0.15, -0.1) is 6.42 Å². The number of terminal acetylenes is 1.